The Balaban J connectivity index is 1.57. The van der Waals surface area contributed by atoms with Crippen LogP contribution in [-0.4, -0.2) is 5.91 Å². The zero-order chi connectivity index (χ0) is 18.5. The van der Waals surface area contributed by atoms with Gasteiger partial charge in [0.25, 0.3) is 5.91 Å². The fourth-order valence-corrected chi connectivity index (χ4v) is 3.10. The van der Waals surface area contributed by atoms with E-state index in [0.29, 0.717) is 5.56 Å². The van der Waals surface area contributed by atoms with Crippen LogP contribution in [0.2, 0.25) is 0 Å². The Hall–Kier alpha value is -3.65. The monoisotopic (exact) mass is 349 g/mol. The molecule has 0 aliphatic heterocycles. The molecule has 0 fully saturated rings. The molecule has 2 heteroatoms. The van der Waals surface area contributed by atoms with Crippen LogP contribution in [0.5, 0.6) is 0 Å². The number of anilines is 1. The van der Waals surface area contributed by atoms with E-state index in [1.165, 1.54) is 0 Å². The maximum atomic E-state index is 12.7. The number of hydrogen-bond acceptors (Lipinski definition) is 1. The van der Waals surface area contributed by atoms with E-state index in [-0.39, 0.29) is 5.91 Å². The molecule has 0 radical (unpaired) electrons. The Morgan fingerprint density at radius 3 is 1.70 bits per heavy atom. The highest BCUT2D eigenvalue weighted by Crippen LogP contribution is 2.28. The zero-order valence-corrected chi connectivity index (χ0v) is 14.8. The van der Waals surface area contributed by atoms with Gasteiger partial charge in [-0.15, -0.1) is 0 Å². The Labute approximate surface area is 159 Å². The molecule has 0 bridgehead atoms. The lowest BCUT2D eigenvalue weighted by atomic mass is 10.0. The minimum atomic E-state index is -0.113. The van der Waals surface area contributed by atoms with Crippen molar-refractivity contribution in [3.63, 3.8) is 0 Å². The number of amides is 1. The highest BCUT2D eigenvalue weighted by Gasteiger charge is 2.10. The highest BCUT2D eigenvalue weighted by atomic mass is 16.1. The smallest absolute Gasteiger partial charge is 0.255 e. The van der Waals surface area contributed by atoms with Crippen molar-refractivity contribution in [3.05, 3.63) is 115 Å². The molecule has 1 amide bonds. The average Bonchev–Trinajstić information content (AvgIpc) is 2.75. The molecule has 27 heavy (non-hydrogen) atoms. The zero-order valence-electron chi connectivity index (χ0n) is 14.8. The van der Waals surface area contributed by atoms with Crippen molar-refractivity contribution < 1.29 is 4.79 Å². The van der Waals surface area contributed by atoms with Crippen molar-refractivity contribution in [2.75, 3.05) is 5.32 Å². The maximum absolute atomic E-state index is 12.7. The predicted molar refractivity (Wildman–Crippen MR) is 112 cm³/mol. The fraction of sp³-hybridized carbons (Fsp3) is 0. The minimum Gasteiger partial charge on any atom is -0.321 e. The predicted octanol–water partition coefficient (Wildman–Crippen LogP) is 6.27. The van der Waals surface area contributed by atoms with Gasteiger partial charge in [-0.05, 0) is 34.9 Å². The molecule has 0 unspecified atom stereocenters. The number of hydrogen-bond donors (Lipinski definition) is 1. The molecule has 0 aromatic heterocycles. The third-order valence-corrected chi connectivity index (χ3v) is 4.51. The summed E-state index contributed by atoms with van der Waals surface area (Å²) >= 11 is 0. The quantitative estimate of drug-likeness (QED) is 0.462. The van der Waals surface area contributed by atoms with Crippen LogP contribution in [0, 0.1) is 0 Å². The number of benzene rings is 4. The Bertz CT molecular complexity index is 1040. The van der Waals surface area contributed by atoms with Gasteiger partial charge in [-0.1, -0.05) is 91.0 Å². The van der Waals surface area contributed by atoms with Gasteiger partial charge in [0.15, 0.2) is 0 Å². The third-order valence-electron chi connectivity index (χ3n) is 4.51. The topological polar surface area (TPSA) is 29.1 Å². The summed E-state index contributed by atoms with van der Waals surface area (Å²) in [6, 6.07) is 35.7. The molecule has 0 saturated carbocycles. The summed E-state index contributed by atoms with van der Waals surface area (Å²) in [6.45, 7) is 0. The van der Waals surface area contributed by atoms with Crippen molar-refractivity contribution >= 4 is 11.6 Å². The minimum absolute atomic E-state index is 0.113. The van der Waals surface area contributed by atoms with Crippen LogP contribution in [0.15, 0.2) is 109 Å². The first-order valence-corrected chi connectivity index (χ1v) is 8.92. The van der Waals surface area contributed by atoms with E-state index in [1.54, 1.807) is 0 Å². The first-order chi connectivity index (χ1) is 13.3. The summed E-state index contributed by atoms with van der Waals surface area (Å²) in [6.07, 6.45) is 0. The summed E-state index contributed by atoms with van der Waals surface area (Å²) in [7, 11) is 0. The average molecular weight is 349 g/mol. The van der Waals surface area contributed by atoms with Crippen LogP contribution in [0.3, 0.4) is 0 Å². The lowest BCUT2D eigenvalue weighted by Crippen LogP contribution is -2.12. The number of carbonyl (C=O) groups is 1. The van der Waals surface area contributed by atoms with Gasteiger partial charge in [0.2, 0.25) is 0 Å². The number of para-hydroxylation sites is 1. The van der Waals surface area contributed by atoms with Crippen LogP contribution in [-0.2, 0) is 0 Å². The van der Waals surface area contributed by atoms with E-state index < -0.39 is 0 Å². The molecular weight excluding hydrogens is 330 g/mol. The Morgan fingerprint density at radius 1 is 0.519 bits per heavy atom. The SMILES string of the molecule is O=C(Nc1ccccc1-c1ccccc1)c1ccc(-c2ccccc2)cc1. The number of rotatable bonds is 4. The lowest BCUT2D eigenvalue weighted by Gasteiger charge is -2.12. The molecule has 0 spiro atoms. The van der Waals surface area contributed by atoms with Gasteiger partial charge >= 0.3 is 0 Å². The van der Waals surface area contributed by atoms with Crippen LogP contribution in [0.4, 0.5) is 5.69 Å². The van der Waals surface area contributed by atoms with Crippen LogP contribution < -0.4 is 5.32 Å². The van der Waals surface area contributed by atoms with Gasteiger partial charge in [-0.3, -0.25) is 4.79 Å². The second-order valence-electron chi connectivity index (χ2n) is 6.31. The maximum Gasteiger partial charge on any atom is 0.255 e. The molecule has 0 heterocycles. The van der Waals surface area contributed by atoms with E-state index in [0.717, 1.165) is 27.9 Å². The summed E-state index contributed by atoms with van der Waals surface area (Å²) in [4.78, 5) is 12.7. The summed E-state index contributed by atoms with van der Waals surface area (Å²) in [5.41, 5.74) is 5.76. The van der Waals surface area contributed by atoms with E-state index in [4.69, 9.17) is 0 Å². The second kappa shape index (κ2) is 7.71. The molecule has 4 rings (SSSR count). The van der Waals surface area contributed by atoms with Gasteiger partial charge in [-0.2, -0.15) is 0 Å². The fourth-order valence-electron chi connectivity index (χ4n) is 3.10. The van der Waals surface area contributed by atoms with E-state index in [2.05, 4.69) is 17.4 Å². The van der Waals surface area contributed by atoms with Crippen LogP contribution in [0.25, 0.3) is 22.3 Å². The summed E-state index contributed by atoms with van der Waals surface area (Å²) in [5.74, 6) is -0.113. The van der Waals surface area contributed by atoms with Gasteiger partial charge in [-0.25, -0.2) is 0 Å². The second-order valence-corrected chi connectivity index (χ2v) is 6.31. The third kappa shape index (κ3) is 3.80. The van der Waals surface area contributed by atoms with Crippen molar-refractivity contribution in [1.29, 1.82) is 0 Å². The van der Waals surface area contributed by atoms with Gasteiger partial charge in [0.05, 0.1) is 0 Å². The van der Waals surface area contributed by atoms with Crippen molar-refractivity contribution in [3.8, 4) is 22.3 Å². The normalized spacial score (nSPS) is 10.4. The molecular formula is C25H19NO. The summed E-state index contributed by atoms with van der Waals surface area (Å²) < 4.78 is 0. The van der Waals surface area contributed by atoms with E-state index in [9.17, 15) is 4.79 Å². The molecule has 0 aliphatic carbocycles. The standard InChI is InChI=1S/C25H19NO/c27-25(22-17-15-20(16-18-22)19-9-3-1-4-10-19)26-24-14-8-7-13-23(24)21-11-5-2-6-12-21/h1-18H,(H,26,27). The van der Waals surface area contributed by atoms with Crippen molar-refractivity contribution in [1.82, 2.24) is 0 Å². The Kier molecular flexibility index (Phi) is 4.80. The van der Waals surface area contributed by atoms with Gasteiger partial charge < -0.3 is 5.32 Å². The molecule has 0 aliphatic rings. The van der Waals surface area contributed by atoms with E-state index >= 15 is 0 Å². The number of nitrogens with one attached hydrogen (secondary N) is 1. The van der Waals surface area contributed by atoms with Gasteiger partial charge in [0.1, 0.15) is 0 Å². The van der Waals surface area contributed by atoms with E-state index in [1.807, 2.05) is 97.1 Å². The molecule has 0 saturated heterocycles. The Morgan fingerprint density at radius 2 is 1.04 bits per heavy atom. The molecule has 4 aromatic carbocycles. The highest BCUT2D eigenvalue weighted by molar-refractivity contribution is 6.06. The molecule has 0 atom stereocenters. The van der Waals surface area contributed by atoms with Gasteiger partial charge in [0, 0.05) is 16.8 Å². The summed E-state index contributed by atoms with van der Waals surface area (Å²) in [5, 5.41) is 3.05. The molecule has 1 N–H and O–H groups in total. The number of carbonyl (C=O) groups excluding carboxylic acids is 1. The first kappa shape index (κ1) is 16.8. The van der Waals surface area contributed by atoms with Crippen molar-refractivity contribution in [2.45, 2.75) is 0 Å². The first-order valence-electron chi connectivity index (χ1n) is 8.92. The molecule has 4 aromatic rings. The molecule has 130 valence electrons. The van der Waals surface area contributed by atoms with Crippen LogP contribution in [0.1, 0.15) is 10.4 Å². The lowest BCUT2D eigenvalue weighted by molar-refractivity contribution is 0.102. The molecule has 2 nitrogen and oxygen atoms in total. The van der Waals surface area contributed by atoms with Crippen LogP contribution >= 0.6 is 0 Å². The van der Waals surface area contributed by atoms with Crippen molar-refractivity contribution in [2.24, 2.45) is 0 Å². The largest absolute Gasteiger partial charge is 0.321 e.